The van der Waals surface area contributed by atoms with Crippen LogP contribution in [-0.4, -0.2) is 30.0 Å². The molecule has 5 nitrogen and oxygen atoms in total. The van der Waals surface area contributed by atoms with E-state index < -0.39 is 0 Å². The third-order valence-corrected chi connectivity index (χ3v) is 5.62. The second-order valence-corrected chi connectivity index (χ2v) is 7.72. The number of aromatic nitrogens is 5. The van der Waals surface area contributed by atoms with Gasteiger partial charge in [-0.05, 0) is 36.8 Å². The van der Waals surface area contributed by atoms with Gasteiger partial charge in [-0.1, -0.05) is 37.4 Å². The van der Waals surface area contributed by atoms with Gasteiger partial charge in [0.05, 0.1) is 5.75 Å². The van der Waals surface area contributed by atoms with E-state index in [0.29, 0.717) is 16.2 Å². The molecule has 0 radical (unpaired) electrons. The molecule has 0 aliphatic carbocycles. The molecule has 3 rings (SSSR count). The molecule has 0 fully saturated rings. The average molecular weight is 375 g/mol. The van der Waals surface area contributed by atoms with Gasteiger partial charge in [-0.25, -0.2) is 14.4 Å². The first kappa shape index (κ1) is 17.9. The lowest BCUT2D eigenvalue weighted by atomic mass is 10.3. The Balaban J connectivity index is 1.90. The number of rotatable bonds is 7. The van der Waals surface area contributed by atoms with Gasteiger partial charge in [-0.2, -0.15) is 0 Å². The highest BCUT2D eigenvalue weighted by molar-refractivity contribution is 7.99. The van der Waals surface area contributed by atoms with E-state index in [1.54, 1.807) is 42.4 Å². The second-order valence-electron chi connectivity index (χ2n) is 5.37. The number of thioether (sulfide) groups is 2. The fourth-order valence-electron chi connectivity index (χ4n) is 2.07. The topological polar surface area (TPSA) is 56.5 Å². The molecule has 0 bridgehead atoms. The zero-order valence-corrected chi connectivity index (χ0v) is 15.6. The second kappa shape index (κ2) is 8.44. The Bertz CT molecular complexity index is 808. The van der Waals surface area contributed by atoms with Gasteiger partial charge in [0, 0.05) is 23.3 Å². The lowest BCUT2D eigenvalue weighted by Gasteiger charge is -2.12. The van der Waals surface area contributed by atoms with E-state index in [9.17, 15) is 4.39 Å². The number of benzene rings is 1. The molecule has 2 heterocycles. The van der Waals surface area contributed by atoms with Crippen LogP contribution in [0.1, 0.15) is 26.1 Å². The molecule has 2 aromatic heterocycles. The Morgan fingerprint density at radius 3 is 2.52 bits per heavy atom. The van der Waals surface area contributed by atoms with Crippen molar-refractivity contribution in [1.29, 1.82) is 0 Å². The molecule has 0 saturated heterocycles. The summed E-state index contributed by atoms with van der Waals surface area (Å²) < 4.78 is 15.3. The van der Waals surface area contributed by atoms with E-state index in [1.165, 1.54) is 23.9 Å². The summed E-state index contributed by atoms with van der Waals surface area (Å²) in [5, 5.41) is 10.6. The van der Waals surface area contributed by atoms with Crippen LogP contribution in [0.25, 0.3) is 5.69 Å². The summed E-state index contributed by atoms with van der Waals surface area (Å²) in [5.74, 6) is 1.10. The predicted octanol–water partition coefficient (Wildman–Crippen LogP) is 4.38. The lowest BCUT2D eigenvalue weighted by molar-refractivity contribution is 0.627. The molecule has 0 spiro atoms. The van der Waals surface area contributed by atoms with Gasteiger partial charge in [0.2, 0.25) is 0 Å². The Hall–Kier alpha value is -1.93. The Morgan fingerprint density at radius 2 is 1.84 bits per heavy atom. The summed E-state index contributed by atoms with van der Waals surface area (Å²) in [5.41, 5.74) is 0.849. The Labute approximate surface area is 154 Å². The highest BCUT2D eigenvalue weighted by atomic mass is 32.2. The van der Waals surface area contributed by atoms with Crippen molar-refractivity contribution in [3.8, 4) is 5.69 Å². The maximum atomic E-state index is 13.3. The first-order valence-electron chi connectivity index (χ1n) is 7.94. The zero-order chi connectivity index (χ0) is 17.6. The molecular formula is C17H18FN5S2. The molecule has 1 aromatic carbocycles. The van der Waals surface area contributed by atoms with Gasteiger partial charge in [0.1, 0.15) is 11.6 Å². The van der Waals surface area contributed by atoms with Gasteiger partial charge in [-0.15, -0.1) is 10.2 Å². The van der Waals surface area contributed by atoms with Gasteiger partial charge >= 0.3 is 0 Å². The molecule has 0 saturated carbocycles. The van der Waals surface area contributed by atoms with Gasteiger partial charge < -0.3 is 0 Å². The van der Waals surface area contributed by atoms with Gasteiger partial charge in [0.15, 0.2) is 10.3 Å². The van der Waals surface area contributed by atoms with Crippen LogP contribution < -0.4 is 0 Å². The van der Waals surface area contributed by atoms with Crippen molar-refractivity contribution in [3.05, 3.63) is 54.4 Å². The van der Waals surface area contributed by atoms with Crippen LogP contribution in [0.15, 0.2) is 53.0 Å². The van der Waals surface area contributed by atoms with E-state index in [0.717, 1.165) is 23.1 Å². The summed E-state index contributed by atoms with van der Waals surface area (Å²) in [7, 11) is 0. The van der Waals surface area contributed by atoms with Gasteiger partial charge in [-0.3, -0.25) is 4.57 Å². The maximum absolute atomic E-state index is 13.3. The SMILES string of the molecule is CC[C@@H](C)Sc1nnc(CSc2ncccn2)n1-c1ccc(F)cc1. The van der Waals surface area contributed by atoms with Gasteiger partial charge in [0.25, 0.3) is 0 Å². The molecule has 0 aliphatic rings. The first-order valence-corrected chi connectivity index (χ1v) is 9.80. The van der Waals surface area contributed by atoms with Crippen LogP contribution in [0.4, 0.5) is 4.39 Å². The summed E-state index contributed by atoms with van der Waals surface area (Å²) >= 11 is 3.16. The van der Waals surface area contributed by atoms with Crippen LogP contribution in [0.2, 0.25) is 0 Å². The number of halogens is 1. The minimum absolute atomic E-state index is 0.262. The van der Waals surface area contributed by atoms with Crippen molar-refractivity contribution in [2.45, 2.75) is 41.6 Å². The maximum Gasteiger partial charge on any atom is 0.196 e. The summed E-state index contributed by atoms with van der Waals surface area (Å²) in [6.45, 7) is 4.29. The molecule has 25 heavy (non-hydrogen) atoms. The van der Waals surface area contributed by atoms with E-state index >= 15 is 0 Å². The predicted molar refractivity (Wildman–Crippen MR) is 98.5 cm³/mol. The quantitative estimate of drug-likeness (QED) is 0.451. The summed E-state index contributed by atoms with van der Waals surface area (Å²) in [6, 6.07) is 8.17. The Morgan fingerprint density at radius 1 is 1.12 bits per heavy atom. The standard InChI is InChI=1S/C17H18FN5S2/c1-3-12(2)25-17-22-21-15(11-24-16-19-9-4-10-20-16)23(17)14-7-5-13(18)6-8-14/h4-10,12H,3,11H2,1-2H3/t12-/m1/s1. The van der Waals surface area contributed by atoms with Crippen LogP contribution in [0, 0.1) is 5.82 Å². The number of hydrogen-bond acceptors (Lipinski definition) is 6. The fraction of sp³-hybridized carbons (Fsp3) is 0.294. The molecular weight excluding hydrogens is 357 g/mol. The largest absolute Gasteiger partial charge is 0.273 e. The monoisotopic (exact) mass is 375 g/mol. The lowest BCUT2D eigenvalue weighted by Crippen LogP contribution is -2.04. The van der Waals surface area contributed by atoms with E-state index in [-0.39, 0.29) is 5.82 Å². The molecule has 0 aliphatic heterocycles. The summed E-state index contributed by atoms with van der Waals surface area (Å²) in [6.07, 6.45) is 4.46. The third kappa shape index (κ3) is 4.58. The van der Waals surface area contributed by atoms with Crippen molar-refractivity contribution >= 4 is 23.5 Å². The van der Waals surface area contributed by atoms with Crippen molar-refractivity contribution in [3.63, 3.8) is 0 Å². The van der Waals surface area contributed by atoms with Crippen molar-refractivity contribution in [2.75, 3.05) is 0 Å². The number of hydrogen-bond donors (Lipinski definition) is 0. The molecule has 8 heteroatoms. The van der Waals surface area contributed by atoms with Crippen molar-refractivity contribution in [1.82, 2.24) is 24.7 Å². The third-order valence-electron chi connectivity index (χ3n) is 3.54. The number of nitrogens with zero attached hydrogens (tertiary/aromatic N) is 5. The fourth-order valence-corrected chi connectivity index (χ4v) is 3.72. The van der Waals surface area contributed by atoms with Crippen LogP contribution in [0.3, 0.4) is 0 Å². The minimum Gasteiger partial charge on any atom is -0.273 e. The Kier molecular flexibility index (Phi) is 6.04. The highest BCUT2D eigenvalue weighted by Gasteiger charge is 2.17. The van der Waals surface area contributed by atoms with Crippen LogP contribution in [0.5, 0.6) is 0 Å². The van der Waals surface area contributed by atoms with E-state index in [4.69, 9.17) is 0 Å². The van der Waals surface area contributed by atoms with E-state index in [2.05, 4.69) is 34.0 Å². The summed E-state index contributed by atoms with van der Waals surface area (Å²) in [4.78, 5) is 8.43. The van der Waals surface area contributed by atoms with Crippen molar-refractivity contribution in [2.24, 2.45) is 0 Å². The highest BCUT2D eigenvalue weighted by Crippen LogP contribution is 2.29. The smallest absolute Gasteiger partial charge is 0.196 e. The molecule has 0 N–H and O–H groups in total. The average Bonchev–Trinajstić information content (AvgIpc) is 3.04. The zero-order valence-electron chi connectivity index (χ0n) is 14.0. The minimum atomic E-state index is -0.262. The molecule has 130 valence electrons. The molecule has 0 unspecified atom stereocenters. The van der Waals surface area contributed by atoms with Crippen LogP contribution >= 0.6 is 23.5 Å². The van der Waals surface area contributed by atoms with E-state index in [1.807, 2.05) is 4.57 Å². The first-order chi connectivity index (χ1) is 12.2. The van der Waals surface area contributed by atoms with Crippen molar-refractivity contribution < 1.29 is 4.39 Å². The molecule has 0 amide bonds. The molecule has 3 aromatic rings. The molecule has 1 atom stereocenters. The van der Waals surface area contributed by atoms with Crippen LogP contribution in [-0.2, 0) is 5.75 Å². The normalized spacial score (nSPS) is 12.3.